The van der Waals surface area contributed by atoms with Crippen LogP contribution in [0, 0.1) is 6.92 Å². The fourth-order valence-corrected chi connectivity index (χ4v) is 9.45. The molecule has 2 aromatic heterocycles. The minimum atomic E-state index is -4.10. The Morgan fingerprint density at radius 3 is 2.32 bits per heavy atom. The first-order chi connectivity index (χ1) is 21.1. The number of sulfonamides is 1. The molecule has 0 bridgehead atoms. The van der Waals surface area contributed by atoms with Gasteiger partial charge in [-0.3, -0.25) is 9.10 Å². The molecule has 8 nitrogen and oxygen atoms in total. The van der Waals surface area contributed by atoms with Gasteiger partial charge in [-0.05, 0) is 81.1 Å². The van der Waals surface area contributed by atoms with Crippen LogP contribution in [0.2, 0.25) is 0 Å². The molecule has 3 aromatic carbocycles. The van der Waals surface area contributed by atoms with Crippen molar-refractivity contribution in [3.05, 3.63) is 110 Å². The topological polar surface area (TPSA) is 98.2 Å². The molecule has 0 aliphatic carbocycles. The highest BCUT2D eigenvalue weighted by Crippen LogP contribution is 2.38. The van der Waals surface area contributed by atoms with Crippen LogP contribution in [0.3, 0.4) is 0 Å². The number of benzene rings is 3. The molecule has 0 spiro atoms. The summed E-state index contributed by atoms with van der Waals surface area (Å²) >= 11 is 6.01. The van der Waals surface area contributed by atoms with E-state index in [0.29, 0.717) is 47.7 Å². The summed E-state index contributed by atoms with van der Waals surface area (Å²) < 4.78 is 32.0. The molecule has 226 valence electrons. The monoisotopic (exact) mass is 709 g/mol. The minimum Gasteiger partial charge on any atom is -0.477 e. The second-order valence-corrected chi connectivity index (χ2v) is 15.1. The van der Waals surface area contributed by atoms with Gasteiger partial charge in [0.1, 0.15) is 9.75 Å². The number of aryl methyl sites for hydroxylation is 1. The summed E-state index contributed by atoms with van der Waals surface area (Å²) in [4.78, 5) is 29.8. The van der Waals surface area contributed by atoms with Crippen molar-refractivity contribution < 1.29 is 23.1 Å². The van der Waals surface area contributed by atoms with E-state index in [-0.39, 0.29) is 22.2 Å². The van der Waals surface area contributed by atoms with Crippen LogP contribution in [-0.4, -0.2) is 56.5 Å². The number of hydrogen-bond acceptors (Lipinski definition) is 7. The van der Waals surface area contributed by atoms with Crippen LogP contribution in [0.5, 0.6) is 0 Å². The number of fused-ring (bicyclic) bond motifs is 1. The number of anilines is 2. The highest BCUT2D eigenvalue weighted by Gasteiger charge is 2.31. The van der Waals surface area contributed by atoms with E-state index < -0.39 is 16.0 Å². The molecule has 0 unspecified atom stereocenters. The Morgan fingerprint density at radius 2 is 1.64 bits per heavy atom. The van der Waals surface area contributed by atoms with E-state index in [1.54, 1.807) is 25.1 Å². The van der Waals surface area contributed by atoms with Gasteiger partial charge in [0.25, 0.3) is 15.9 Å². The van der Waals surface area contributed by atoms with Crippen molar-refractivity contribution in [3.8, 4) is 0 Å². The van der Waals surface area contributed by atoms with Crippen molar-refractivity contribution >= 4 is 82.0 Å². The summed E-state index contributed by atoms with van der Waals surface area (Å²) in [5.41, 5.74) is 2.66. The molecule has 0 atom stereocenters. The maximum atomic E-state index is 14.5. The van der Waals surface area contributed by atoms with Crippen LogP contribution in [0.15, 0.2) is 93.6 Å². The number of thiophene rings is 2. The molecule has 0 saturated carbocycles. The van der Waals surface area contributed by atoms with Gasteiger partial charge in [-0.25, -0.2) is 13.2 Å². The first-order valence-corrected chi connectivity index (χ1v) is 17.8. The number of carbonyl (C=O) groups is 2. The average molecular weight is 711 g/mol. The van der Waals surface area contributed by atoms with E-state index in [1.165, 1.54) is 15.6 Å². The Balaban J connectivity index is 1.36. The number of rotatable bonds is 8. The molecule has 1 amide bonds. The zero-order valence-corrected chi connectivity index (χ0v) is 27.7. The van der Waals surface area contributed by atoms with Gasteiger partial charge in [0, 0.05) is 35.4 Å². The van der Waals surface area contributed by atoms with Crippen molar-refractivity contribution in [1.29, 1.82) is 0 Å². The summed E-state index contributed by atoms with van der Waals surface area (Å²) in [7, 11) is -4.10. The average Bonchev–Trinajstić information content (AvgIpc) is 3.62. The summed E-state index contributed by atoms with van der Waals surface area (Å²) in [6.07, 6.45) is 0. The molecule has 1 N–H and O–H groups in total. The normalized spacial score (nSPS) is 13.8. The molecular formula is C32H28BrN3O5S3. The fourth-order valence-electron chi connectivity index (χ4n) is 5.42. The Kier molecular flexibility index (Phi) is 8.51. The highest BCUT2D eigenvalue weighted by atomic mass is 79.9. The maximum Gasteiger partial charge on any atom is 0.346 e. The largest absolute Gasteiger partial charge is 0.477 e. The van der Waals surface area contributed by atoms with E-state index in [9.17, 15) is 23.1 Å². The van der Waals surface area contributed by atoms with Crippen LogP contribution in [0.4, 0.5) is 11.4 Å². The Morgan fingerprint density at radius 1 is 0.932 bits per heavy atom. The van der Waals surface area contributed by atoms with Crippen LogP contribution in [0.25, 0.3) is 10.1 Å². The van der Waals surface area contributed by atoms with Gasteiger partial charge in [-0.2, -0.15) is 0 Å². The van der Waals surface area contributed by atoms with Crippen LogP contribution < -0.4 is 9.21 Å². The van der Waals surface area contributed by atoms with Gasteiger partial charge < -0.3 is 14.9 Å². The smallest absolute Gasteiger partial charge is 0.346 e. The zero-order valence-electron chi connectivity index (χ0n) is 23.6. The Labute approximate surface area is 272 Å². The van der Waals surface area contributed by atoms with Gasteiger partial charge in [-0.15, -0.1) is 22.7 Å². The summed E-state index contributed by atoms with van der Waals surface area (Å²) in [5.74, 6) is -1.05. The molecule has 6 rings (SSSR count). The number of piperazine rings is 1. The lowest BCUT2D eigenvalue weighted by atomic mass is 10.1. The number of carboxylic acid groups (broad SMARTS) is 1. The molecule has 44 heavy (non-hydrogen) atoms. The van der Waals surface area contributed by atoms with E-state index in [4.69, 9.17) is 0 Å². The number of aromatic carboxylic acids is 1. The fraction of sp³-hybridized carbons (Fsp3) is 0.188. The van der Waals surface area contributed by atoms with E-state index >= 15 is 0 Å². The van der Waals surface area contributed by atoms with Crippen LogP contribution >= 0.6 is 38.6 Å². The van der Waals surface area contributed by atoms with E-state index in [1.807, 2.05) is 70.9 Å². The maximum absolute atomic E-state index is 14.5. The molecule has 5 aromatic rings. The molecule has 1 aliphatic rings. The zero-order chi connectivity index (χ0) is 31.0. The third-order valence-electron chi connectivity index (χ3n) is 7.73. The Bertz CT molecular complexity index is 1970. The number of carbonyl (C=O) groups excluding carboxylic acids is 1. The minimum absolute atomic E-state index is 0.0155. The van der Waals surface area contributed by atoms with Crippen LogP contribution in [-0.2, 0) is 16.6 Å². The van der Waals surface area contributed by atoms with Crippen LogP contribution in [0.1, 0.15) is 30.5 Å². The first-order valence-electron chi connectivity index (χ1n) is 13.8. The molecule has 12 heteroatoms. The van der Waals surface area contributed by atoms with E-state index in [2.05, 4.69) is 20.8 Å². The van der Waals surface area contributed by atoms with Crippen molar-refractivity contribution in [2.75, 3.05) is 35.4 Å². The number of nitrogens with zero attached hydrogens (tertiary/aromatic N) is 3. The predicted octanol–water partition coefficient (Wildman–Crippen LogP) is 7.09. The third-order valence-corrected chi connectivity index (χ3v) is 12.6. The quantitative estimate of drug-likeness (QED) is 0.185. The molecule has 0 radical (unpaired) electrons. The third kappa shape index (κ3) is 5.74. The van der Waals surface area contributed by atoms with Crippen molar-refractivity contribution in [2.45, 2.75) is 18.4 Å². The highest BCUT2D eigenvalue weighted by molar-refractivity contribution is 9.10. The first kappa shape index (κ1) is 30.3. The molecule has 1 fully saturated rings. The molecule has 1 saturated heterocycles. The Hall–Kier alpha value is -3.71. The van der Waals surface area contributed by atoms with Gasteiger partial charge in [0.15, 0.2) is 0 Å². The lowest BCUT2D eigenvalue weighted by molar-refractivity contribution is 0.0700. The van der Waals surface area contributed by atoms with Gasteiger partial charge >= 0.3 is 5.97 Å². The predicted molar refractivity (Wildman–Crippen MR) is 180 cm³/mol. The SMILES string of the molecule is Cc1c(C(=O)O)sc2ccc(S(=O)(=O)N(Cc3ccccc3)c3ccccc3N3CCN(C(=O)c4sccc4Br)CC3)cc12. The molecular weight excluding hydrogens is 682 g/mol. The second-order valence-electron chi connectivity index (χ2n) is 10.4. The van der Waals surface area contributed by atoms with Gasteiger partial charge in [0.05, 0.1) is 22.8 Å². The molecule has 1 aliphatic heterocycles. The van der Waals surface area contributed by atoms with Gasteiger partial charge in [-0.1, -0.05) is 42.5 Å². The van der Waals surface area contributed by atoms with Gasteiger partial charge in [0.2, 0.25) is 0 Å². The second kappa shape index (κ2) is 12.4. The number of carboxylic acids is 1. The van der Waals surface area contributed by atoms with Crippen molar-refractivity contribution in [2.24, 2.45) is 0 Å². The number of hydrogen-bond donors (Lipinski definition) is 1. The van der Waals surface area contributed by atoms with Crippen molar-refractivity contribution in [1.82, 2.24) is 4.90 Å². The lowest BCUT2D eigenvalue weighted by Gasteiger charge is -2.38. The number of amides is 1. The number of para-hydroxylation sites is 2. The summed E-state index contributed by atoms with van der Waals surface area (Å²) in [6, 6.07) is 23.6. The molecule has 3 heterocycles. The summed E-state index contributed by atoms with van der Waals surface area (Å²) in [6.45, 7) is 3.90. The van der Waals surface area contributed by atoms with Crippen molar-refractivity contribution in [3.63, 3.8) is 0 Å². The number of halogens is 1. The lowest BCUT2D eigenvalue weighted by Crippen LogP contribution is -2.49. The standard InChI is InChI=1S/C32H28BrN3O5S3/c1-21-24-19-23(11-12-28(24)43-29(21)32(38)39)44(40,41)36(20-22-7-3-2-4-8-22)27-10-6-5-9-26(27)34-14-16-35(17-15-34)31(37)30-25(33)13-18-42-30/h2-13,18-19H,14-17,20H2,1H3,(H,38,39). The van der Waals surface area contributed by atoms with E-state index in [0.717, 1.165) is 31.8 Å². The summed E-state index contributed by atoms with van der Waals surface area (Å²) in [5, 5.41) is 12.1.